The maximum atomic E-state index is 11.6. The first-order valence-corrected chi connectivity index (χ1v) is 7.80. The number of carbonyl (C=O) groups excluding carboxylic acids is 1. The van der Waals surface area contributed by atoms with E-state index in [0.717, 1.165) is 24.9 Å². The minimum absolute atomic E-state index is 0.437. The highest BCUT2D eigenvalue weighted by Crippen LogP contribution is 2.25. The quantitative estimate of drug-likeness (QED) is 0.595. The summed E-state index contributed by atoms with van der Waals surface area (Å²) in [6, 6.07) is 14.1. The molecule has 2 aromatic carbocycles. The first-order chi connectivity index (χ1) is 11.1. The van der Waals surface area contributed by atoms with Gasteiger partial charge < -0.3 is 16.2 Å². The van der Waals surface area contributed by atoms with Gasteiger partial charge in [-0.3, -0.25) is 4.90 Å². The largest absolute Gasteiger partial charge is 0.457 e. The molecule has 0 fully saturated rings. The summed E-state index contributed by atoms with van der Waals surface area (Å²) in [7, 11) is 0. The van der Waals surface area contributed by atoms with Gasteiger partial charge in [-0.25, -0.2) is 4.79 Å². The van der Waals surface area contributed by atoms with E-state index < -0.39 is 6.03 Å². The molecule has 4 N–H and O–H groups in total. The molecular formula is C18H23N3O2. The molecule has 0 aliphatic carbocycles. The smallest absolute Gasteiger partial charge is 0.319 e. The van der Waals surface area contributed by atoms with Crippen LogP contribution in [0.2, 0.25) is 0 Å². The zero-order chi connectivity index (χ0) is 16.7. The Morgan fingerprint density at radius 1 is 1.00 bits per heavy atom. The third kappa shape index (κ3) is 4.92. The van der Waals surface area contributed by atoms with Gasteiger partial charge in [-0.2, -0.15) is 0 Å². The second-order valence-corrected chi connectivity index (χ2v) is 5.36. The van der Waals surface area contributed by atoms with Crippen molar-refractivity contribution in [1.29, 1.82) is 0 Å². The van der Waals surface area contributed by atoms with Gasteiger partial charge in [0.15, 0.2) is 0 Å². The Morgan fingerprint density at radius 3 is 2.09 bits per heavy atom. The summed E-state index contributed by atoms with van der Waals surface area (Å²) in [5.41, 5.74) is 12.6. The van der Waals surface area contributed by atoms with Crippen LogP contribution in [-0.2, 0) is 0 Å². The number of nitrogens with two attached hydrogens (primary N) is 2. The van der Waals surface area contributed by atoms with Gasteiger partial charge in [0.1, 0.15) is 11.5 Å². The summed E-state index contributed by atoms with van der Waals surface area (Å²) in [6.45, 7) is 2.75. The minimum atomic E-state index is -0.437. The van der Waals surface area contributed by atoms with Crippen LogP contribution in [0.25, 0.3) is 0 Å². The number of hydrogen-bond acceptors (Lipinski definition) is 3. The Bertz CT molecular complexity index is 624. The molecule has 0 heterocycles. The van der Waals surface area contributed by atoms with Crippen LogP contribution in [-0.4, -0.2) is 12.6 Å². The molecule has 2 amide bonds. The fraction of sp³-hybridized carbons (Fsp3) is 0.278. The Labute approximate surface area is 136 Å². The summed E-state index contributed by atoms with van der Waals surface area (Å²) in [5, 5.41) is 0. The lowest BCUT2D eigenvalue weighted by Gasteiger charge is -2.20. The molecule has 0 radical (unpaired) electrons. The Kier molecular flexibility index (Phi) is 5.86. The first kappa shape index (κ1) is 16.7. The molecule has 0 atom stereocenters. The van der Waals surface area contributed by atoms with Gasteiger partial charge in [0.25, 0.3) is 0 Å². The predicted molar refractivity (Wildman–Crippen MR) is 93.8 cm³/mol. The van der Waals surface area contributed by atoms with Crippen LogP contribution in [0, 0.1) is 0 Å². The third-order valence-electron chi connectivity index (χ3n) is 3.52. The Morgan fingerprint density at radius 2 is 1.57 bits per heavy atom. The van der Waals surface area contributed by atoms with Crippen molar-refractivity contribution in [1.82, 2.24) is 0 Å². The Hall–Kier alpha value is -2.69. The molecule has 0 unspecified atom stereocenters. The van der Waals surface area contributed by atoms with Gasteiger partial charge in [0, 0.05) is 17.9 Å². The van der Waals surface area contributed by atoms with Crippen molar-refractivity contribution in [3.05, 3.63) is 48.5 Å². The van der Waals surface area contributed by atoms with E-state index in [4.69, 9.17) is 16.2 Å². The predicted octanol–water partition coefficient (Wildman–Crippen LogP) is 4.14. The third-order valence-corrected chi connectivity index (χ3v) is 3.52. The fourth-order valence-electron chi connectivity index (χ4n) is 2.25. The minimum Gasteiger partial charge on any atom is -0.457 e. The van der Waals surface area contributed by atoms with Crippen LogP contribution < -0.4 is 21.1 Å². The molecule has 0 aromatic heterocycles. The van der Waals surface area contributed by atoms with E-state index in [1.165, 1.54) is 0 Å². The van der Waals surface area contributed by atoms with Gasteiger partial charge in [0.05, 0.1) is 0 Å². The molecule has 2 rings (SSSR count). The number of ether oxygens (including phenoxy) is 1. The monoisotopic (exact) mass is 313 g/mol. The number of primary amides is 1. The molecule has 5 nitrogen and oxygen atoms in total. The molecule has 122 valence electrons. The van der Waals surface area contributed by atoms with Gasteiger partial charge in [0.2, 0.25) is 0 Å². The SMILES string of the molecule is CCCCCN(C(N)=O)c1ccc(Oc2ccc(N)cc2)cc1. The number of unbranched alkanes of at least 4 members (excludes halogenated alkanes) is 2. The first-order valence-electron chi connectivity index (χ1n) is 7.80. The standard InChI is InChI=1S/C18H23N3O2/c1-2-3-4-13-21(18(20)22)15-7-11-17(12-8-15)23-16-9-5-14(19)6-10-16/h5-12H,2-4,13,19H2,1H3,(H2,20,22). The molecule has 0 aliphatic rings. The molecule has 0 saturated heterocycles. The average Bonchev–Trinajstić information content (AvgIpc) is 2.54. The van der Waals surface area contributed by atoms with Crippen molar-refractivity contribution in [3.63, 3.8) is 0 Å². The summed E-state index contributed by atoms with van der Waals surface area (Å²) < 4.78 is 5.74. The van der Waals surface area contributed by atoms with Crippen molar-refractivity contribution in [2.75, 3.05) is 17.2 Å². The molecule has 5 heteroatoms. The lowest BCUT2D eigenvalue weighted by atomic mass is 10.2. The topological polar surface area (TPSA) is 81.6 Å². The molecular weight excluding hydrogens is 290 g/mol. The van der Waals surface area contributed by atoms with Gasteiger partial charge in [-0.1, -0.05) is 19.8 Å². The number of nitrogens with zero attached hydrogens (tertiary/aromatic N) is 1. The molecule has 0 spiro atoms. The fourth-order valence-corrected chi connectivity index (χ4v) is 2.25. The zero-order valence-corrected chi connectivity index (χ0v) is 13.4. The summed E-state index contributed by atoms with van der Waals surface area (Å²) >= 11 is 0. The summed E-state index contributed by atoms with van der Waals surface area (Å²) in [5.74, 6) is 1.40. The van der Waals surface area contributed by atoms with E-state index in [1.807, 2.05) is 36.4 Å². The second kappa shape index (κ2) is 8.08. The van der Waals surface area contributed by atoms with Crippen LogP contribution in [0.15, 0.2) is 48.5 Å². The van der Waals surface area contributed by atoms with Crippen LogP contribution in [0.3, 0.4) is 0 Å². The zero-order valence-electron chi connectivity index (χ0n) is 13.4. The number of nitrogen functional groups attached to an aromatic ring is 1. The number of benzene rings is 2. The highest BCUT2D eigenvalue weighted by Gasteiger charge is 2.11. The number of urea groups is 1. The van der Waals surface area contributed by atoms with E-state index in [1.54, 1.807) is 17.0 Å². The lowest BCUT2D eigenvalue weighted by Crippen LogP contribution is -2.36. The summed E-state index contributed by atoms with van der Waals surface area (Å²) in [4.78, 5) is 13.2. The number of amides is 2. The van der Waals surface area contributed by atoms with Gasteiger partial charge in [-0.15, -0.1) is 0 Å². The van der Waals surface area contributed by atoms with Crippen molar-refractivity contribution in [2.24, 2.45) is 5.73 Å². The molecule has 2 aromatic rings. The average molecular weight is 313 g/mol. The highest BCUT2D eigenvalue weighted by molar-refractivity contribution is 5.90. The molecule has 0 bridgehead atoms. The van der Waals surface area contributed by atoms with E-state index >= 15 is 0 Å². The normalized spacial score (nSPS) is 10.3. The van der Waals surface area contributed by atoms with Crippen LogP contribution in [0.5, 0.6) is 11.5 Å². The maximum absolute atomic E-state index is 11.6. The van der Waals surface area contributed by atoms with E-state index in [-0.39, 0.29) is 0 Å². The molecule has 0 aliphatic heterocycles. The summed E-state index contributed by atoms with van der Waals surface area (Å²) in [6.07, 6.45) is 3.10. The Balaban J connectivity index is 2.04. The van der Waals surface area contributed by atoms with Gasteiger partial charge in [-0.05, 0) is 55.0 Å². The number of anilines is 2. The van der Waals surface area contributed by atoms with E-state index in [0.29, 0.717) is 23.7 Å². The van der Waals surface area contributed by atoms with Crippen molar-refractivity contribution in [3.8, 4) is 11.5 Å². The van der Waals surface area contributed by atoms with Crippen LogP contribution in [0.4, 0.5) is 16.2 Å². The van der Waals surface area contributed by atoms with Crippen molar-refractivity contribution in [2.45, 2.75) is 26.2 Å². The molecule has 0 saturated carbocycles. The van der Waals surface area contributed by atoms with E-state index in [9.17, 15) is 4.79 Å². The van der Waals surface area contributed by atoms with Crippen molar-refractivity contribution >= 4 is 17.4 Å². The maximum Gasteiger partial charge on any atom is 0.319 e. The number of hydrogen-bond donors (Lipinski definition) is 2. The van der Waals surface area contributed by atoms with Crippen LogP contribution in [0.1, 0.15) is 26.2 Å². The number of carbonyl (C=O) groups is 1. The van der Waals surface area contributed by atoms with Crippen LogP contribution >= 0.6 is 0 Å². The second-order valence-electron chi connectivity index (χ2n) is 5.36. The van der Waals surface area contributed by atoms with E-state index in [2.05, 4.69) is 6.92 Å². The number of rotatable bonds is 7. The lowest BCUT2D eigenvalue weighted by molar-refractivity contribution is 0.253. The van der Waals surface area contributed by atoms with Gasteiger partial charge >= 0.3 is 6.03 Å². The van der Waals surface area contributed by atoms with Crippen molar-refractivity contribution < 1.29 is 9.53 Å². The molecule has 23 heavy (non-hydrogen) atoms. The highest BCUT2D eigenvalue weighted by atomic mass is 16.5.